The van der Waals surface area contributed by atoms with Crippen LogP contribution in [0.2, 0.25) is 0 Å². The normalized spacial score (nSPS) is 16.1. The first-order valence-electron chi connectivity index (χ1n) is 7.17. The molecule has 0 spiro atoms. The van der Waals surface area contributed by atoms with E-state index < -0.39 is 10.0 Å². The van der Waals surface area contributed by atoms with E-state index in [0.29, 0.717) is 17.9 Å². The topological polar surface area (TPSA) is 66.4 Å². The average molecular weight is 307 g/mol. The minimum Gasteiger partial charge on any atom is -0.395 e. The maximum absolute atomic E-state index is 12.5. The first-order valence-corrected chi connectivity index (χ1v) is 8.65. The molecule has 114 valence electrons. The van der Waals surface area contributed by atoms with E-state index in [1.807, 2.05) is 13.8 Å². The molecule has 1 fully saturated rings. The standard InChI is InChI=1S/C16H21NO3S/c1-12-6-9-16(15(11-12)5-3-4-10-18)21(19,20)17-13(2)14-7-8-14/h6,9,11,13-14,17-18H,4,7-8,10H2,1-2H3. The van der Waals surface area contributed by atoms with Crippen molar-refractivity contribution in [3.05, 3.63) is 29.3 Å². The number of nitrogens with one attached hydrogen (secondary N) is 1. The molecule has 0 bridgehead atoms. The van der Waals surface area contributed by atoms with Gasteiger partial charge in [0.1, 0.15) is 0 Å². The largest absolute Gasteiger partial charge is 0.395 e. The molecule has 1 aliphatic rings. The van der Waals surface area contributed by atoms with Crippen LogP contribution in [0.25, 0.3) is 0 Å². The maximum atomic E-state index is 12.5. The zero-order chi connectivity index (χ0) is 15.5. The van der Waals surface area contributed by atoms with Gasteiger partial charge in [0.25, 0.3) is 0 Å². The minimum atomic E-state index is -3.56. The van der Waals surface area contributed by atoms with Gasteiger partial charge in [0.05, 0.1) is 11.5 Å². The van der Waals surface area contributed by atoms with Gasteiger partial charge in [-0.3, -0.25) is 0 Å². The summed E-state index contributed by atoms with van der Waals surface area (Å²) in [6.45, 7) is 3.77. The van der Waals surface area contributed by atoms with E-state index in [9.17, 15) is 8.42 Å². The van der Waals surface area contributed by atoms with Gasteiger partial charge in [0.2, 0.25) is 10.0 Å². The Hall–Kier alpha value is -1.35. The zero-order valence-electron chi connectivity index (χ0n) is 12.4. The predicted molar refractivity (Wildman–Crippen MR) is 82.3 cm³/mol. The molecule has 1 aromatic carbocycles. The van der Waals surface area contributed by atoms with E-state index in [1.165, 1.54) is 0 Å². The quantitative estimate of drug-likeness (QED) is 0.815. The van der Waals surface area contributed by atoms with Crippen LogP contribution in [-0.4, -0.2) is 26.2 Å². The van der Waals surface area contributed by atoms with E-state index in [-0.39, 0.29) is 17.5 Å². The van der Waals surface area contributed by atoms with Gasteiger partial charge in [0, 0.05) is 18.0 Å². The summed E-state index contributed by atoms with van der Waals surface area (Å²) in [5, 5.41) is 8.78. The van der Waals surface area contributed by atoms with Gasteiger partial charge in [0.15, 0.2) is 0 Å². The molecule has 0 aromatic heterocycles. The molecule has 0 radical (unpaired) electrons. The van der Waals surface area contributed by atoms with E-state index in [1.54, 1.807) is 18.2 Å². The van der Waals surface area contributed by atoms with Crippen LogP contribution in [0.3, 0.4) is 0 Å². The lowest BCUT2D eigenvalue weighted by Gasteiger charge is -2.14. The highest BCUT2D eigenvalue weighted by molar-refractivity contribution is 7.89. The third-order valence-corrected chi connectivity index (χ3v) is 5.17. The molecule has 5 heteroatoms. The third kappa shape index (κ3) is 4.31. The Balaban J connectivity index is 2.31. The summed E-state index contributed by atoms with van der Waals surface area (Å²) in [4.78, 5) is 0.214. The van der Waals surface area contributed by atoms with E-state index in [0.717, 1.165) is 18.4 Å². The Kier molecular flexibility index (Phi) is 5.04. The van der Waals surface area contributed by atoms with Crippen LogP contribution in [0.1, 0.15) is 37.3 Å². The number of aliphatic hydroxyl groups excluding tert-OH is 1. The summed E-state index contributed by atoms with van der Waals surface area (Å²) in [5.41, 5.74) is 1.44. The van der Waals surface area contributed by atoms with E-state index in [4.69, 9.17) is 5.11 Å². The second-order valence-corrected chi connectivity index (χ2v) is 7.20. The number of aliphatic hydroxyl groups is 1. The number of aryl methyl sites for hydroxylation is 1. The molecule has 1 atom stereocenters. The lowest BCUT2D eigenvalue weighted by atomic mass is 10.1. The number of hydrogen-bond acceptors (Lipinski definition) is 3. The molecule has 1 saturated carbocycles. The van der Waals surface area contributed by atoms with Crippen molar-refractivity contribution in [1.82, 2.24) is 4.72 Å². The molecule has 1 unspecified atom stereocenters. The van der Waals surface area contributed by atoms with Crippen molar-refractivity contribution in [3.63, 3.8) is 0 Å². The van der Waals surface area contributed by atoms with Crippen LogP contribution in [0.15, 0.2) is 23.1 Å². The monoisotopic (exact) mass is 307 g/mol. The Bertz CT molecular complexity index is 666. The van der Waals surface area contributed by atoms with Gasteiger partial charge in [-0.1, -0.05) is 17.9 Å². The molecule has 0 amide bonds. The van der Waals surface area contributed by atoms with Gasteiger partial charge in [-0.05, 0) is 50.3 Å². The molecule has 2 rings (SSSR count). The van der Waals surface area contributed by atoms with Crippen molar-refractivity contribution in [1.29, 1.82) is 0 Å². The van der Waals surface area contributed by atoms with Crippen LogP contribution >= 0.6 is 0 Å². The van der Waals surface area contributed by atoms with E-state index in [2.05, 4.69) is 16.6 Å². The fraction of sp³-hybridized carbons (Fsp3) is 0.500. The van der Waals surface area contributed by atoms with Crippen molar-refractivity contribution >= 4 is 10.0 Å². The van der Waals surface area contributed by atoms with Crippen molar-refractivity contribution in [3.8, 4) is 11.8 Å². The third-order valence-electron chi connectivity index (χ3n) is 3.55. The Labute approximate surface area is 126 Å². The van der Waals surface area contributed by atoms with Crippen molar-refractivity contribution in [2.45, 2.75) is 44.0 Å². The molecule has 1 aromatic rings. The van der Waals surface area contributed by atoms with Gasteiger partial charge in [-0.2, -0.15) is 0 Å². The summed E-state index contributed by atoms with van der Waals surface area (Å²) in [6, 6.07) is 5.09. The highest BCUT2D eigenvalue weighted by Crippen LogP contribution is 2.33. The second kappa shape index (κ2) is 6.61. The summed E-state index contributed by atoms with van der Waals surface area (Å²) in [6.07, 6.45) is 2.50. The number of benzene rings is 1. The zero-order valence-corrected chi connectivity index (χ0v) is 13.2. The highest BCUT2D eigenvalue weighted by atomic mass is 32.2. The molecule has 0 aliphatic heterocycles. The lowest BCUT2D eigenvalue weighted by molar-refractivity contribution is 0.305. The van der Waals surface area contributed by atoms with Crippen LogP contribution in [0.4, 0.5) is 0 Å². The molecule has 0 saturated heterocycles. The van der Waals surface area contributed by atoms with E-state index >= 15 is 0 Å². The Morgan fingerprint density at radius 2 is 2.14 bits per heavy atom. The first-order chi connectivity index (χ1) is 9.94. The second-order valence-electron chi connectivity index (χ2n) is 5.52. The molecule has 1 aliphatic carbocycles. The lowest BCUT2D eigenvalue weighted by Crippen LogP contribution is -2.34. The number of rotatable bonds is 5. The van der Waals surface area contributed by atoms with Crippen LogP contribution in [0.5, 0.6) is 0 Å². The molecule has 0 heterocycles. The highest BCUT2D eigenvalue weighted by Gasteiger charge is 2.31. The molecular weight excluding hydrogens is 286 g/mol. The smallest absolute Gasteiger partial charge is 0.242 e. The molecule has 21 heavy (non-hydrogen) atoms. The average Bonchev–Trinajstić information content (AvgIpc) is 3.22. The number of hydrogen-bond donors (Lipinski definition) is 2. The summed E-state index contributed by atoms with van der Waals surface area (Å²) >= 11 is 0. The summed E-state index contributed by atoms with van der Waals surface area (Å²) in [7, 11) is -3.56. The van der Waals surface area contributed by atoms with Gasteiger partial charge >= 0.3 is 0 Å². The van der Waals surface area contributed by atoms with Gasteiger partial charge < -0.3 is 5.11 Å². The van der Waals surface area contributed by atoms with Crippen molar-refractivity contribution in [2.24, 2.45) is 5.92 Å². The number of sulfonamides is 1. The molecule has 2 N–H and O–H groups in total. The van der Waals surface area contributed by atoms with Crippen LogP contribution < -0.4 is 4.72 Å². The van der Waals surface area contributed by atoms with Gasteiger partial charge in [-0.15, -0.1) is 0 Å². The van der Waals surface area contributed by atoms with Crippen molar-refractivity contribution in [2.75, 3.05) is 6.61 Å². The fourth-order valence-electron chi connectivity index (χ4n) is 2.19. The predicted octanol–water partition coefficient (Wildman–Crippen LogP) is 1.81. The first kappa shape index (κ1) is 16.0. The minimum absolute atomic E-state index is 0.0299. The maximum Gasteiger partial charge on any atom is 0.242 e. The Morgan fingerprint density at radius 3 is 2.76 bits per heavy atom. The fourth-order valence-corrected chi connectivity index (χ4v) is 3.65. The van der Waals surface area contributed by atoms with Gasteiger partial charge in [-0.25, -0.2) is 13.1 Å². The van der Waals surface area contributed by atoms with Crippen LogP contribution in [0, 0.1) is 24.7 Å². The summed E-state index contributed by atoms with van der Waals surface area (Å²) < 4.78 is 27.8. The van der Waals surface area contributed by atoms with Crippen molar-refractivity contribution < 1.29 is 13.5 Å². The van der Waals surface area contributed by atoms with Crippen LogP contribution in [-0.2, 0) is 10.0 Å². The summed E-state index contributed by atoms with van der Waals surface area (Å²) in [5.74, 6) is 6.09. The molecular formula is C16H21NO3S. The Morgan fingerprint density at radius 1 is 1.43 bits per heavy atom. The molecule has 4 nitrogen and oxygen atoms in total. The SMILES string of the molecule is Cc1ccc(S(=O)(=O)NC(C)C2CC2)c(C#CCCO)c1.